The molecule has 0 saturated heterocycles. The third-order valence-corrected chi connectivity index (χ3v) is 0.709. The molecule has 6 heteroatoms. The molecule has 0 aliphatic carbocycles. The van der Waals surface area contributed by atoms with Crippen LogP contribution in [0.1, 0.15) is 0 Å². The van der Waals surface area contributed by atoms with Crippen molar-refractivity contribution in [1.82, 2.24) is 0 Å². The van der Waals surface area contributed by atoms with Crippen LogP contribution in [0.15, 0.2) is 0 Å². The highest BCUT2D eigenvalue weighted by molar-refractivity contribution is 6.41. The summed E-state index contributed by atoms with van der Waals surface area (Å²) in [5, 5.41) is 15.9. The van der Waals surface area contributed by atoms with E-state index < -0.39 is 26.0 Å². The lowest BCUT2D eigenvalue weighted by Crippen LogP contribution is -2.22. The summed E-state index contributed by atoms with van der Waals surface area (Å²) >= 11 is 0. The molecule has 2 N–H and O–H groups in total. The maximum atomic E-state index is 11.7. The summed E-state index contributed by atoms with van der Waals surface area (Å²) in [6.45, 7) is 0. The number of halogens is 3. The summed E-state index contributed by atoms with van der Waals surface area (Å²) in [5.74, 6) is 0. The summed E-state index contributed by atoms with van der Waals surface area (Å²) in [4.78, 5) is 0. The second kappa shape index (κ2) is 3.73. The Labute approximate surface area is 50.4 Å². The van der Waals surface area contributed by atoms with Gasteiger partial charge in [-0.15, -0.1) is 0 Å². The van der Waals surface area contributed by atoms with Crippen molar-refractivity contribution in [1.29, 1.82) is 0 Å². The Morgan fingerprint density at radius 2 is 1.67 bits per heavy atom. The molecule has 0 rings (SSSR count). The van der Waals surface area contributed by atoms with Crippen molar-refractivity contribution in [2.75, 3.05) is 0 Å². The van der Waals surface area contributed by atoms with E-state index in [9.17, 15) is 13.2 Å². The largest absolute Gasteiger partial charge is 0.454 e. The monoisotopic (exact) mass is 142 g/mol. The molecule has 0 saturated carbocycles. The van der Waals surface area contributed by atoms with Gasteiger partial charge in [-0.25, -0.2) is 13.2 Å². The lowest BCUT2D eigenvalue weighted by Gasteiger charge is -2.03. The van der Waals surface area contributed by atoms with Crippen LogP contribution in [0.5, 0.6) is 0 Å². The van der Waals surface area contributed by atoms with Gasteiger partial charge in [0.1, 0.15) is 0 Å². The van der Waals surface area contributed by atoms with Crippen LogP contribution in [-0.2, 0) is 0 Å². The highest BCUT2D eigenvalue weighted by Gasteiger charge is 2.24. The third kappa shape index (κ3) is 4.29. The van der Waals surface area contributed by atoms with Crippen molar-refractivity contribution >= 4 is 7.12 Å². The maximum Gasteiger partial charge on any atom is 0.454 e. The van der Waals surface area contributed by atoms with Crippen molar-refractivity contribution < 1.29 is 23.2 Å². The minimum absolute atomic E-state index is 0.933. The van der Waals surface area contributed by atoms with Gasteiger partial charge in [-0.3, -0.25) is 0 Å². The smallest absolute Gasteiger partial charge is 0.427 e. The molecule has 0 aromatic rings. The molecule has 1 unspecified atom stereocenters. The quantitative estimate of drug-likeness (QED) is 0.547. The summed E-state index contributed by atoms with van der Waals surface area (Å²) < 4.78 is 34.1. The van der Waals surface area contributed by atoms with E-state index in [0.29, 0.717) is 0 Å². The standard InChI is InChI=1S/C3H6BF3O2/c5-2(3(6)7)1-4(8)9/h2-3,8-9H,1H2. The van der Waals surface area contributed by atoms with Crippen LogP contribution < -0.4 is 0 Å². The van der Waals surface area contributed by atoms with Crippen LogP contribution in [0, 0.1) is 0 Å². The number of hydrogen-bond donors (Lipinski definition) is 2. The zero-order valence-electron chi connectivity index (χ0n) is 4.47. The van der Waals surface area contributed by atoms with Crippen LogP contribution in [-0.4, -0.2) is 29.8 Å². The molecule has 0 aromatic heterocycles. The summed E-state index contributed by atoms with van der Waals surface area (Å²) in [6.07, 6.45) is -6.51. The lowest BCUT2D eigenvalue weighted by molar-refractivity contribution is 0.0568. The molecule has 0 aromatic carbocycles. The van der Waals surface area contributed by atoms with E-state index in [1.807, 2.05) is 0 Å². The van der Waals surface area contributed by atoms with Crippen molar-refractivity contribution in [2.45, 2.75) is 18.9 Å². The molecule has 0 heterocycles. The second-order valence-electron chi connectivity index (χ2n) is 1.57. The van der Waals surface area contributed by atoms with Gasteiger partial charge >= 0.3 is 7.12 Å². The molecule has 54 valence electrons. The molecule has 9 heavy (non-hydrogen) atoms. The number of hydrogen-bond acceptors (Lipinski definition) is 2. The van der Waals surface area contributed by atoms with Gasteiger partial charge in [0.15, 0.2) is 6.17 Å². The van der Waals surface area contributed by atoms with E-state index in [2.05, 4.69) is 0 Å². The first-order chi connectivity index (χ1) is 4.04. The van der Waals surface area contributed by atoms with Gasteiger partial charge in [0.25, 0.3) is 6.43 Å². The van der Waals surface area contributed by atoms with Gasteiger partial charge < -0.3 is 10.0 Å². The summed E-state index contributed by atoms with van der Waals surface area (Å²) in [7, 11) is -1.99. The molecule has 0 radical (unpaired) electrons. The van der Waals surface area contributed by atoms with E-state index in [4.69, 9.17) is 10.0 Å². The molecule has 1 atom stereocenters. The Kier molecular flexibility index (Phi) is 3.64. The zero-order valence-corrected chi connectivity index (χ0v) is 4.47. The van der Waals surface area contributed by atoms with Crippen molar-refractivity contribution in [3.05, 3.63) is 0 Å². The molecule has 0 bridgehead atoms. The van der Waals surface area contributed by atoms with Gasteiger partial charge in [0.05, 0.1) is 0 Å². The number of alkyl halides is 3. The first kappa shape index (κ1) is 8.77. The fraction of sp³-hybridized carbons (Fsp3) is 1.00. The van der Waals surface area contributed by atoms with E-state index in [1.165, 1.54) is 0 Å². The Morgan fingerprint density at radius 3 is 1.78 bits per heavy atom. The molecule has 0 fully saturated rings. The van der Waals surface area contributed by atoms with Gasteiger partial charge in [-0.2, -0.15) is 0 Å². The van der Waals surface area contributed by atoms with E-state index in [0.717, 1.165) is 0 Å². The highest BCUT2D eigenvalue weighted by Crippen LogP contribution is 2.10. The third-order valence-electron chi connectivity index (χ3n) is 0.709. The van der Waals surface area contributed by atoms with Crippen LogP contribution >= 0.6 is 0 Å². The average Bonchev–Trinajstić information content (AvgIpc) is 1.63. The lowest BCUT2D eigenvalue weighted by atomic mass is 9.84. The average molecular weight is 142 g/mol. The molecule has 0 amide bonds. The molecule has 0 aliphatic heterocycles. The molecular formula is C3H6BF3O2. The van der Waals surface area contributed by atoms with E-state index in [1.54, 1.807) is 0 Å². The predicted molar refractivity (Wildman–Crippen MR) is 25.9 cm³/mol. The Bertz CT molecular complexity index is 79.5. The maximum absolute atomic E-state index is 11.7. The topological polar surface area (TPSA) is 40.5 Å². The first-order valence-corrected chi connectivity index (χ1v) is 2.32. The van der Waals surface area contributed by atoms with Gasteiger partial charge in [-0.1, -0.05) is 0 Å². The molecule has 2 nitrogen and oxygen atoms in total. The van der Waals surface area contributed by atoms with Gasteiger partial charge in [0.2, 0.25) is 0 Å². The first-order valence-electron chi connectivity index (χ1n) is 2.32. The van der Waals surface area contributed by atoms with Crippen LogP contribution in [0.3, 0.4) is 0 Å². The van der Waals surface area contributed by atoms with Crippen LogP contribution in [0.25, 0.3) is 0 Å². The van der Waals surface area contributed by atoms with Crippen molar-refractivity contribution in [2.24, 2.45) is 0 Å². The Morgan fingerprint density at radius 1 is 1.22 bits per heavy atom. The van der Waals surface area contributed by atoms with Crippen molar-refractivity contribution in [3.63, 3.8) is 0 Å². The summed E-state index contributed by atoms with van der Waals surface area (Å²) in [6, 6.07) is 0. The fourth-order valence-corrected chi connectivity index (χ4v) is 0.304. The molecular weight excluding hydrogens is 136 g/mol. The Hall–Kier alpha value is -0.225. The molecule has 0 spiro atoms. The predicted octanol–water partition coefficient (Wildman–Crippen LogP) is 0.0624. The van der Waals surface area contributed by atoms with Gasteiger partial charge in [-0.05, 0) is 0 Å². The summed E-state index contributed by atoms with van der Waals surface area (Å²) in [5.41, 5.74) is 0. The van der Waals surface area contributed by atoms with Crippen LogP contribution in [0.4, 0.5) is 13.2 Å². The van der Waals surface area contributed by atoms with E-state index >= 15 is 0 Å². The number of rotatable bonds is 3. The minimum Gasteiger partial charge on any atom is -0.427 e. The minimum atomic E-state index is -3.13. The van der Waals surface area contributed by atoms with Crippen LogP contribution in [0.2, 0.25) is 6.32 Å². The fourth-order valence-electron chi connectivity index (χ4n) is 0.304. The SMILES string of the molecule is OB(O)CC(F)C(F)F. The van der Waals surface area contributed by atoms with Gasteiger partial charge in [0, 0.05) is 6.32 Å². The van der Waals surface area contributed by atoms with E-state index in [-0.39, 0.29) is 0 Å². The Balaban J connectivity index is 3.38. The normalized spacial score (nSPS) is 14.0. The van der Waals surface area contributed by atoms with Crippen molar-refractivity contribution in [3.8, 4) is 0 Å². The zero-order chi connectivity index (χ0) is 7.44. The molecule has 0 aliphatic rings. The highest BCUT2D eigenvalue weighted by atomic mass is 19.3. The second-order valence-corrected chi connectivity index (χ2v) is 1.57.